The van der Waals surface area contributed by atoms with Gasteiger partial charge in [-0.05, 0) is 18.1 Å². The molecule has 1 aromatic heterocycles. The summed E-state index contributed by atoms with van der Waals surface area (Å²) >= 11 is 0. The number of rotatable bonds is 2. The number of aromatic nitrogens is 3. The van der Waals surface area contributed by atoms with Gasteiger partial charge in [0.15, 0.2) is 5.82 Å². The van der Waals surface area contributed by atoms with Crippen molar-refractivity contribution in [2.45, 2.75) is 19.4 Å². The maximum absolute atomic E-state index is 5.40. The molecule has 104 valence electrons. The molecule has 5 nitrogen and oxygen atoms in total. The van der Waals surface area contributed by atoms with E-state index in [1.165, 1.54) is 11.3 Å². The van der Waals surface area contributed by atoms with Crippen molar-refractivity contribution in [3.05, 3.63) is 41.5 Å². The molecular formula is C15H18N4O. The van der Waals surface area contributed by atoms with Crippen LogP contribution in [0.5, 0.6) is 0 Å². The first kappa shape index (κ1) is 12.1. The number of fused-ring (bicyclic) bond motifs is 3. The van der Waals surface area contributed by atoms with Gasteiger partial charge in [-0.15, -0.1) is 10.2 Å². The van der Waals surface area contributed by atoms with Crippen molar-refractivity contribution < 1.29 is 4.74 Å². The summed E-state index contributed by atoms with van der Waals surface area (Å²) in [6.07, 6.45) is 2.04. The molecule has 0 unspecified atom stereocenters. The Morgan fingerprint density at radius 3 is 2.80 bits per heavy atom. The second-order valence-corrected chi connectivity index (χ2v) is 5.39. The number of hydrogen-bond acceptors (Lipinski definition) is 4. The predicted octanol–water partition coefficient (Wildman–Crippen LogP) is 1.20. The lowest BCUT2D eigenvalue weighted by Gasteiger charge is -2.27. The van der Waals surface area contributed by atoms with Crippen LogP contribution in [0, 0.1) is 0 Å². The average molecular weight is 270 g/mol. The standard InChI is InChI=1S/C15H18N4O/c1-2-4-13-12(3-1)5-6-14-16-17-15(19(13)14)11-18-7-9-20-10-8-18/h1-4H,5-11H2. The smallest absolute Gasteiger partial charge is 0.151 e. The summed E-state index contributed by atoms with van der Waals surface area (Å²) in [6, 6.07) is 8.57. The molecular weight excluding hydrogens is 252 g/mol. The van der Waals surface area contributed by atoms with Gasteiger partial charge in [-0.2, -0.15) is 0 Å². The van der Waals surface area contributed by atoms with E-state index in [9.17, 15) is 0 Å². The largest absolute Gasteiger partial charge is 0.379 e. The SMILES string of the molecule is c1ccc2c(c1)CCc1nnc(CN3CCOCC3)n1-2. The van der Waals surface area contributed by atoms with Crippen LogP contribution in [0.4, 0.5) is 0 Å². The zero-order valence-electron chi connectivity index (χ0n) is 11.5. The van der Waals surface area contributed by atoms with E-state index in [-0.39, 0.29) is 0 Å². The lowest BCUT2D eigenvalue weighted by molar-refractivity contribution is 0.0328. The molecule has 20 heavy (non-hydrogen) atoms. The van der Waals surface area contributed by atoms with Gasteiger partial charge in [-0.3, -0.25) is 9.47 Å². The number of nitrogens with zero attached hydrogens (tertiary/aromatic N) is 4. The Kier molecular flexibility index (Phi) is 3.01. The molecule has 0 atom stereocenters. The molecule has 2 aliphatic heterocycles. The van der Waals surface area contributed by atoms with Gasteiger partial charge >= 0.3 is 0 Å². The molecule has 0 aliphatic carbocycles. The molecule has 0 radical (unpaired) electrons. The molecule has 5 heteroatoms. The highest BCUT2D eigenvalue weighted by Crippen LogP contribution is 2.25. The Balaban J connectivity index is 1.68. The quantitative estimate of drug-likeness (QED) is 0.822. The summed E-state index contributed by atoms with van der Waals surface area (Å²) in [5.41, 5.74) is 2.64. The van der Waals surface area contributed by atoms with E-state index in [4.69, 9.17) is 4.74 Å². The molecule has 0 N–H and O–H groups in total. The van der Waals surface area contributed by atoms with Crippen LogP contribution in [0.25, 0.3) is 5.69 Å². The first-order chi connectivity index (χ1) is 9.92. The molecule has 1 saturated heterocycles. The Morgan fingerprint density at radius 1 is 1.05 bits per heavy atom. The summed E-state index contributed by atoms with van der Waals surface area (Å²) in [6.45, 7) is 4.44. The lowest BCUT2D eigenvalue weighted by atomic mass is 10.0. The van der Waals surface area contributed by atoms with E-state index in [0.717, 1.165) is 57.3 Å². The van der Waals surface area contributed by atoms with E-state index < -0.39 is 0 Å². The number of aryl methyl sites for hydroxylation is 2. The van der Waals surface area contributed by atoms with Gasteiger partial charge in [0.2, 0.25) is 0 Å². The molecule has 4 rings (SSSR count). The van der Waals surface area contributed by atoms with E-state index >= 15 is 0 Å². The first-order valence-corrected chi connectivity index (χ1v) is 7.23. The van der Waals surface area contributed by atoms with Crippen LogP contribution in [0.15, 0.2) is 24.3 Å². The topological polar surface area (TPSA) is 43.2 Å². The molecule has 3 heterocycles. The van der Waals surface area contributed by atoms with Crippen molar-refractivity contribution in [2.75, 3.05) is 26.3 Å². The molecule has 1 fully saturated rings. The van der Waals surface area contributed by atoms with E-state index in [2.05, 4.69) is 43.9 Å². The van der Waals surface area contributed by atoms with Gasteiger partial charge in [0, 0.05) is 19.5 Å². The van der Waals surface area contributed by atoms with Crippen molar-refractivity contribution in [2.24, 2.45) is 0 Å². The van der Waals surface area contributed by atoms with Crippen LogP contribution in [0.3, 0.4) is 0 Å². The average Bonchev–Trinajstić information content (AvgIpc) is 2.92. The number of hydrogen-bond donors (Lipinski definition) is 0. The van der Waals surface area contributed by atoms with E-state index in [1.54, 1.807) is 0 Å². The van der Waals surface area contributed by atoms with Crippen LogP contribution in [-0.2, 0) is 24.1 Å². The first-order valence-electron chi connectivity index (χ1n) is 7.23. The van der Waals surface area contributed by atoms with Gasteiger partial charge in [0.1, 0.15) is 5.82 Å². The molecule has 0 saturated carbocycles. The molecule has 0 amide bonds. The van der Waals surface area contributed by atoms with Gasteiger partial charge in [0.05, 0.1) is 25.4 Å². The number of morpholine rings is 1. The Labute approximate surface area is 118 Å². The maximum atomic E-state index is 5.40. The fraction of sp³-hybridized carbons (Fsp3) is 0.467. The highest BCUT2D eigenvalue weighted by atomic mass is 16.5. The monoisotopic (exact) mass is 270 g/mol. The van der Waals surface area contributed by atoms with Gasteiger partial charge < -0.3 is 4.74 Å². The van der Waals surface area contributed by atoms with E-state index in [0.29, 0.717) is 0 Å². The van der Waals surface area contributed by atoms with Crippen LogP contribution in [0.2, 0.25) is 0 Å². The van der Waals surface area contributed by atoms with Crippen molar-refractivity contribution >= 4 is 0 Å². The zero-order valence-corrected chi connectivity index (χ0v) is 11.5. The van der Waals surface area contributed by atoms with Crippen molar-refractivity contribution in [1.82, 2.24) is 19.7 Å². The highest BCUT2D eigenvalue weighted by Gasteiger charge is 2.22. The third-order valence-corrected chi connectivity index (χ3v) is 4.12. The minimum atomic E-state index is 0.817. The molecule has 0 spiro atoms. The minimum Gasteiger partial charge on any atom is -0.379 e. The van der Waals surface area contributed by atoms with Crippen LogP contribution in [-0.4, -0.2) is 46.0 Å². The summed E-state index contributed by atoms with van der Waals surface area (Å²) in [4.78, 5) is 2.39. The predicted molar refractivity (Wildman–Crippen MR) is 74.9 cm³/mol. The zero-order chi connectivity index (χ0) is 13.4. The number of para-hydroxylation sites is 1. The summed E-state index contributed by atoms with van der Waals surface area (Å²) < 4.78 is 7.65. The van der Waals surface area contributed by atoms with Gasteiger partial charge in [-0.1, -0.05) is 18.2 Å². The fourth-order valence-electron chi connectivity index (χ4n) is 3.04. The second-order valence-electron chi connectivity index (χ2n) is 5.39. The van der Waals surface area contributed by atoms with Gasteiger partial charge in [0.25, 0.3) is 0 Å². The third-order valence-electron chi connectivity index (χ3n) is 4.12. The minimum absolute atomic E-state index is 0.817. The van der Waals surface area contributed by atoms with Crippen molar-refractivity contribution in [3.8, 4) is 5.69 Å². The molecule has 2 aromatic rings. The Bertz CT molecular complexity index is 616. The molecule has 2 aliphatic rings. The summed E-state index contributed by atoms with van der Waals surface area (Å²) in [5, 5.41) is 8.80. The lowest BCUT2D eigenvalue weighted by Crippen LogP contribution is -2.36. The van der Waals surface area contributed by atoms with Crippen LogP contribution >= 0.6 is 0 Å². The summed E-state index contributed by atoms with van der Waals surface area (Å²) in [7, 11) is 0. The number of benzene rings is 1. The Morgan fingerprint density at radius 2 is 1.90 bits per heavy atom. The van der Waals surface area contributed by atoms with Crippen LogP contribution in [0.1, 0.15) is 17.2 Å². The summed E-state index contributed by atoms with van der Waals surface area (Å²) in [5.74, 6) is 2.14. The Hall–Kier alpha value is -1.72. The van der Waals surface area contributed by atoms with Gasteiger partial charge in [-0.25, -0.2) is 0 Å². The maximum Gasteiger partial charge on any atom is 0.151 e. The second kappa shape index (κ2) is 5.00. The van der Waals surface area contributed by atoms with Crippen molar-refractivity contribution in [3.63, 3.8) is 0 Å². The van der Waals surface area contributed by atoms with Crippen molar-refractivity contribution in [1.29, 1.82) is 0 Å². The molecule has 0 bridgehead atoms. The van der Waals surface area contributed by atoms with Crippen LogP contribution < -0.4 is 0 Å². The van der Waals surface area contributed by atoms with E-state index in [1.807, 2.05) is 0 Å². The highest BCUT2D eigenvalue weighted by molar-refractivity contribution is 5.45. The number of ether oxygens (including phenoxy) is 1. The third kappa shape index (κ3) is 2.03. The fourth-order valence-corrected chi connectivity index (χ4v) is 3.04. The normalized spacial score (nSPS) is 18.6. The molecule has 1 aromatic carbocycles.